The number of aromatic nitrogens is 4. The Balaban J connectivity index is 1.73. The van der Waals surface area contributed by atoms with Crippen LogP contribution in [0, 0.1) is 5.92 Å². The second kappa shape index (κ2) is 9.23. The third kappa shape index (κ3) is 5.77. The molecule has 162 valence electrons. The van der Waals surface area contributed by atoms with E-state index >= 15 is 0 Å². The van der Waals surface area contributed by atoms with E-state index in [9.17, 15) is 9.59 Å². The number of hydrogen-bond acceptors (Lipinski definition) is 7. The molecule has 3 rings (SSSR count). The summed E-state index contributed by atoms with van der Waals surface area (Å²) in [6.45, 7) is 8.16. The maximum absolute atomic E-state index is 12.4. The van der Waals surface area contributed by atoms with Crippen molar-refractivity contribution in [3.63, 3.8) is 0 Å². The molecule has 9 nitrogen and oxygen atoms in total. The van der Waals surface area contributed by atoms with Gasteiger partial charge in [-0.25, -0.2) is 4.79 Å². The van der Waals surface area contributed by atoms with Gasteiger partial charge in [-0.05, 0) is 50.3 Å². The first-order valence-corrected chi connectivity index (χ1v) is 10.2. The SMILES string of the molecule is CC(=O)OCc1nnn(C(c2ccccc2)C2CCN(C(=O)OC(C)(C)C)CC2)n1. The van der Waals surface area contributed by atoms with Gasteiger partial charge in [-0.15, -0.1) is 10.2 Å². The molecule has 1 saturated heterocycles. The van der Waals surface area contributed by atoms with Crippen LogP contribution in [-0.2, 0) is 20.9 Å². The lowest BCUT2D eigenvalue weighted by atomic mass is 9.86. The second-order valence-electron chi connectivity index (χ2n) is 8.47. The van der Waals surface area contributed by atoms with E-state index in [4.69, 9.17) is 9.47 Å². The van der Waals surface area contributed by atoms with E-state index in [0.717, 1.165) is 18.4 Å². The van der Waals surface area contributed by atoms with Crippen molar-refractivity contribution in [1.82, 2.24) is 25.1 Å². The monoisotopic (exact) mass is 415 g/mol. The molecule has 1 fully saturated rings. The van der Waals surface area contributed by atoms with Gasteiger partial charge in [0, 0.05) is 20.0 Å². The normalized spacial score (nSPS) is 16.2. The van der Waals surface area contributed by atoms with Crippen molar-refractivity contribution < 1.29 is 19.1 Å². The van der Waals surface area contributed by atoms with Gasteiger partial charge in [0.25, 0.3) is 0 Å². The van der Waals surface area contributed by atoms with E-state index in [-0.39, 0.29) is 30.6 Å². The summed E-state index contributed by atoms with van der Waals surface area (Å²) >= 11 is 0. The molecular formula is C21H29N5O4. The van der Waals surface area contributed by atoms with Crippen LogP contribution in [0.25, 0.3) is 0 Å². The van der Waals surface area contributed by atoms with Crippen LogP contribution >= 0.6 is 0 Å². The molecule has 9 heteroatoms. The quantitative estimate of drug-likeness (QED) is 0.692. The Kier molecular flexibility index (Phi) is 6.69. The maximum Gasteiger partial charge on any atom is 0.410 e. The van der Waals surface area contributed by atoms with Crippen molar-refractivity contribution in [3.05, 3.63) is 41.7 Å². The lowest BCUT2D eigenvalue weighted by Crippen LogP contribution is -2.43. The van der Waals surface area contributed by atoms with Crippen molar-refractivity contribution in [2.24, 2.45) is 5.92 Å². The van der Waals surface area contributed by atoms with Crippen molar-refractivity contribution in [1.29, 1.82) is 0 Å². The Bertz CT molecular complexity index is 854. The molecular weight excluding hydrogens is 386 g/mol. The number of rotatable bonds is 5. The Hall–Kier alpha value is -2.97. The number of likely N-dealkylation sites (tertiary alicyclic amines) is 1. The number of carbonyl (C=O) groups is 2. The van der Waals surface area contributed by atoms with E-state index in [1.807, 2.05) is 51.1 Å². The van der Waals surface area contributed by atoms with Crippen molar-refractivity contribution in [3.8, 4) is 0 Å². The van der Waals surface area contributed by atoms with E-state index in [2.05, 4.69) is 15.4 Å². The average molecular weight is 415 g/mol. The molecule has 1 amide bonds. The highest BCUT2D eigenvalue weighted by Gasteiger charge is 2.33. The Labute approximate surface area is 176 Å². The molecule has 0 spiro atoms. The van der Waals surface area contributed by atoms with E-state index in [1.165, 1.54) is 6.92 Å². The number of ether oxygens (including phenoxy) is 2. The van der Waals surface area contributed by atoms with E-state index in [1.54, 1.807) is 9.70 Å². The summed E-state index contributed by atoms with van der Waals surface area (Å²) in [5.41, 5.74) is 0.563. The molecule has 2 aromatic rings. The minimum Gasteiger partial charge on any atom is -0.457 e. The fraction of sp³-hybridized carbons (Fsp3) is 0.571. The zero-order valence-corrected chi connectivity index (χ0v) is 17.9. The summed E-state index contributed by atoms with van der Waals surface area (Å²) in [5.74, 6) is 0.194. The fourth-order valence-corrected chi connectivity index (χ4v) is 3.57. The van der Waals surface area contributed by atoms with Gasteiger partial charge < -0.3 is 14.4 Å². The molecule has 0 saturated carbocycles. The molecule has 1 aliphatic rings. The van der Waals surface area contributed by atoms with Crippen molar-refractivity contribution >= 4 is 12.1 Å². The van der Waals surface area contributed by atoms with Gasteiger partial charge in [0.2, 0.25) is 5.82 Å². The largest absolute Gasteiger partial charge is 0.457 e. The Morgan fingerprint density at radius 1 is 1.17 bits per heavy atom. The number of esters is 1. The predicted molar refractivity (Wildman–Crippen MR) is 108 cm³/mol. The molecule has 0 radical (unpaired) electrons. The number of amides is 1. The number of carbonyl (C=O) groups excluding carboxylic acids is 2. The number of nitrogens with zero attached hydrogens (tertiary/aromatic N) is 5. The predicted octanol–water partition coefficient (Wildman–Crippen LogP) is 2.97. The number of benzene rings is 1. The van der Waals surface area contributed by atoms with Gasteiger partial charge in [-0.3, -0.25) is 4.79 Å². The van der Waals surface area contributed by atoms with E-state index in [0.29, 0.717) is 18.9 Å². The third-order valence-corrected chi connectivity index (χ3v) is 4.90. The summed E-state index contributed by atoms with van der Waals surface area (Å²) in [6.07, 6.45) is 1.30. The van der Waals surface area contributed by atoms with Crippen LogP contribution in [0.1, 0.15) is 58.0 Å². The van der Waals surface area contributed by atoms with Crippen LogP contribution in [0.15, 0.2) is 30.3 Å². The molecule has 30 heavy (non-hydrogen) atoms. The Morgan fingerprint density at radius 2 is 1.83 bits per heavy atom. The molecule has 1 aliphatic heterocycles. The van der Waals surface area contributed by atoms with Crippen molar-refractivity contribution in [2.45, 2.75) is 58.8 Å². The molecule has 0 aliphatic carbocycles. The van der Waals surface area contributed by atoms with E-state index < -0.39 is 5.60 Å². The smallest absolute Gasteiger partial charge is 0.410 e. The number of tetrazole rings is 1. The number of hydrogen-bond donors (Lipinski definition) is 0. The average Bonchev–Trinajstić information content (AvgIpc) is 3.15. The second-order valence-corrected chi connectivity index (χ2v) is 8.47. The van der Waals surface area contributed by atoms with Gasteiger partial charge in [0.15, 0.2) is 6.61 Å². The zero-order chi connectivity index (χ0) is 21.7. The summed E-state index contributed by atoms with van der Waals surface area (Å²) in [7, 11) is 0. The highest BCUT2D eigenvalue weighted by atomic mass is 16.6. The first kappa shape index (κ1) is 21.7. The number of piperidine rings is 1. The molecule has 0 bridgehead atoms. The molecule has 1 atom stereocenters. The minimum absolute atomic E-state index is 0.00602. The minimum atomic E-state index is -0.510. The highest BCUT2D eigenvalue weighted by molar-refractivity contribution is 5.68. The van der Waals surface area contributed by atoms with Gasteiger partial charge in [0.1, 0.15) is 11.6 Å². The van der Waals surface area contributed by atoms with Gasteiger partial charge in [0.05, 0.1) is 0 Å². The van der Waals surface area contributed by atoms with Crippen LogP contribution in [-0.4, -0.2) is 55.9 Å². The first-order chi connectivity index (χ1) is 14.2. The van der Waals surface area contributed by atoms with Crippen molar-refractivity contribution in [2.75, 3.05) is 13.1 Å². The van der Waals surface area contributed by atoms with Crippen LogP contribution in [0.4, 0.5) is 4.79 Å². The standard InChI is InChI=1S/C21H29N5O4/c1-15(27)29-14-18-22-24-26(23-18)19(16-8-6-5-7-9-16)17-10-12-25(13-11-17)20(28)30-21(2,3)4/h5-9,17,19H,10-14H2,1-4H3. The molecule has 1 aromatic heterocycles. The van der Waals surface area contributed by atoms with Gasteiger partial charge in [-0.2, -0.15) is 4.80 Å². The molecule has 1 aromatic carbocycles. The van der Waals surface area contributed by atoms with Crippen LogP contribution in [0.5, 0.6) is 0 Å². The van der Waals surface area contributed by atoms with Gasteiger partial charge >= 0.3 is 12.1 Å². The highest BCUT2D eigenvalue weighted by Crippen LogP contribution is 2.33. The lowest BCUT2D eigenvalue weighted by molar-refractivity contribution is -0.142. The fourth-order valence-electron chi connectivity index (χ4n) is 3.57. The van der Waals surface area contributed by atoms with Crippen LogP contribution in [0.3, 0.4) is 0 Å². The third-order valence-electron chi connectivity index (χ3n) is 4.90. The first-order valence-electron chi connectivity index (χ1n) is 10.2. The lowest BCUT2D eigenvalue weighted by Gasteiger charge is -2.36. The molecule has 0 N–H and O–H groups in total. The Morgan fingerprint density at radius 3 is 2.43 bits per heavy atom. The van der Waals surface area contributed by atoms with Crippen LogP contribution < -0.4 is 0 Å². The maximum atomic E-state index is 12.4. The topological polar surface area (TPSA) is 99.4 Å². The zero-order valence-electron chi connectivity index (χ0n) is 17.9. The summed E-state index contributed by atoms with van der Waals surface area (Å²) in [5, 5.41) is 12.7. The van der Waals surface area contributed by atoms with Gasteiger partial charge in [-0.1, -0.05) is 30.3 Å². The molecule has 2 heterocycles. The van der Waals surface area contributed by atoms with Crippen LogP contribution in [0.2, 0.25) is 0 Å². The summed E-state index contributed by atoms with van der Waals surface area (Å²) in [6, 6.07) is 9.89. The summed E-state index contributed by atoms with van der Waals surface area (Å²) < 4.78 is 10.5. The summed E-state index contributed by atoms with van der Waals surface area (Å²) in [4.78, 5) is 26.8. The molecule has 1 unspecified atom stereocenters.